The molecule has 5 heteroatoms. The molecule has 0 aliphatic heterocycles. The number of ether oxygens (including phenoxy) is 1. The van der Waals surface area contributed by atoms with Crippen LogP contribution in [0.1, 0.15) is 12.0 Å². The zero-order valence-corrected chi connectivity index (χ0v) is 10.4. The number of halogens is 2. The smallest absolute Gasteiger partial charge is 0.341 e. The van der Waals surface area contributed by atoms with E-state index in [0.29, 0.717) is 28.6 Å². The van der Waals surface area contributed by atoms with Crippen LogP contribution in [0.4, 0.5) is 0 Å². The first kappa shape index (κ1) is 13.7. The van der Waals surface area contributed by atoms with E-state index in [1.807, 2.05) is 0 Å². The third-order valence-electron chi connectivity index (χ3n) is 1.74. The lowest BCUT2D eigenvalue weighted by molar-refractivity contribution is -0.139. The van der Waals surface area contributed by atoms with Crippen LogP contribution in [-0.2, 0) is 4.79 Å². The minimum absolute atomic E-state index is 0.363. The Morgan fingerprint density at radius 1 is 1.47 bits per heavy atom. The Morgan fingerprint density at radius 2 is 2.24 bits per heavy atom. The highest BCUT2D eigenvalue weighted by Gasteiger charge is 2.05. The summed E-state index contributed by atoms with van der Waals surface area (Å²) < 4.78 is 5.09. The molecule has 0 aliphatic carbocycles. The molecule has 0 aromatic heterocycles. The van der Waals surface area contributed by atoms with Gasteiger partial charge in [-0.15, -0.1) is 11.6 Å². The van der Waals surface area contributed by atoms with Gasteiger partial charge in [-0.05, 0) is 12.1 Å². The van der Waals surface area contributed by atoms with Crippen LogP contribution in [0.25, 0.3) is 0 Å². The van der Waals surface area contributed by atoms with Crippen molar-refractivity contribution in [3.8, 4) is 17.6 Å². The van der Waals surface area contributed by atoms with Gasteiger partial charge in [-0.3, -0.25) is 0 Å². The largest absolute Gasteiger partial charge is 0.481 e. The molecular formula is C12H10Cl2O3. The Bertz CT molecular complexity index is 461. The monoisotopic (exact) mass is 272 g/mol. The molecule has 1 N–H and O–H groups in total. The third-order valence-corrected chi connectivity index (χ3v) is 2.16. The van der Waals surface area contributed by atoms with E-state index >= 15 is 0 Å². The molecular weight excluding hydrogens is 263 g/mol. The Morgan fingerprint density at radius 3 is 2.88 bits per heavy atom. The standard InChI is InChI=1S/C12H10Cl2O3/c13-6-2-1-3-9-4-5-10(14)7-11(9)17-8-12(15)16/h4-5,7H,2,6,8H2,(H,15,16). The van der Waals surface area contributed by atoms with Crippen LogP contribution >= 0.6 is 23.2 Å². The summed E-state index contributed by atoms with van der Waals surface area (Å²) in [6.07, 6.45) is 0.558. The predicted molar refractivity (Wildman–Crippen MR) is 66.8 cm³/mol. The molecule has 0 radical (unpaired) electrons. The van der Waals surface area contributed by atoms with Gasteiger partial charge >= 0.3 is 5.97 Å². The topological polar surface area (TPSA) is 46.5 Å². The van der Waals surface area contributed by atoms with Gasteiger partial charge in [0.2, 0.25) is 0 Å². The Balaban J connectivity index is 2.88. The molecule has 0 heterocycles. The van der Waals surface area contributed by atoms with Crippen LogP contribution in [0, 0.1) is 11.8 Å². The summed E-state index contributed by atoms with van der Waals surface area (Å²) >= 11 is 11.3. The summed E-state index contributed by atoms with van der Waals surface area (Å²) in [5.41, 5.74) is 0.598. The highest BCUT2D eigenvalue weighted by molar-refractivity contribution is 6.30. The van der Waals surface area contributed by atoms with Gasteiger partial charge in [0.1, 0.15) is 5.75 Å². The Kier molecular flexibility index (Phi) is 5.68. The van der Waals surface area contributed by atoms with Gasteiger partial charge in [0.25, 0.3) is 0 Å². The van der Waals surface area contributed by atoms with E-state index in [1.165, 1.54) is 6.07 Å². The van der Waals surface area contributed by atoms with Crippen LogP contribution in [-0.4, -0.2) is 23.6 Å². The Hall–Kier alpha value is -1.37. The first-order valence-electron chi connectivity index (χ1n) is 4.82. The minimum Gasteiger partial charge on any atom is -0.481 e. The summed E-state index contributed by atoms with van der Waals surface area (Å²) in [5.74, 6) is 5.46. The summed E-state index contributed by atoms with van der Waals surface area (Å²) in [6.45, 7) is -0.426. The average molecular weight is 273 g/mol. The molecule has 0 bridgehead atoms. The second-order valence-corrected chi connectivity index (χ2v) is 3.88. The number of alkyl halides is 1. The fraction of sp³-hybridized carbons (Fsp3) is 0.250. The first-order valence-corrected chi connectivity index (χ1v) is 5.73. The van der Waals surface area contributed by atoms with E-state index in [2.05, 4.69) is 11.8 Å². The third kappa shape index (κ3) is 4.99. The number of rotatable bonds is 4. The van der Waals surface area contributed by atoms with Crippen molar-refractivity contribution >= 4 is 29.2 Å². The summed E-state index contributed by atoms with van der Waals surface area (Å²) in [4.78, 5) is 10.4. The lowest BCUT2D eigenvalue weighted by atomic mass is 10.2. The van der Waals surface area contributed by atoms with E-state index in [1.54, 1.807) is 12.1 Å². The fourth-order valence-electron chi connectivity index (χ4n) is 1.06. The zero-order chi connectivity index (χ0) is 12.7. The van der Waals surface area contributed by atoms with Crippen molar-refractivity contribution in [1.29, 1.82) is 0 Å². The van der Waals surface area contributed by atoms with Crippen LogP contribution in [0.15, 0.2) is 18.2 Å². The van der Waals surface area contributed by atoms with Gasteiger partial charge in [0.15, 0.2) is 6.61 Å². The predicted octanol–water partition coefficient (Wildman–Crippen LogP) is 2.78. The maximum atomic E-state index is 10.4. The molecule has 17 heavy (non-hydrogen) atoms. The Labute approximate surface area is 109 Å². The van der Waals surface area contributed by atoms with Crippen molar-refractivity contribution in [3.63, 3.8) is 0 Å². The van der Waals surface area contributed by atoms with Gasteiger partial charge in [0, 0.05) is 23.4 Å². The number of carbonyl (C=O) groups is 1. The highest BCUT2D eigenvalue weighted by atomic mass is 35.5. The number of carboxylic acid groups (broad SMARTS) is 1. The molecule has 0 amide bonds. The normalized spacial score (nSPS) is 9.29. The van der Waals surface area contributed by atoms with E-state index in [9.17, 15) is 4.79 Å². The van der Waals surface area contributed by atoms with E-state index in [0.717, 1.165) is 0 Å². The molecule has 0 unspecified atom stereocenters. The van der Waals surface area contributed by atoms with Crippen LogP contribution in [0.3, 0.4) is 0 Å². The van der Waals surface area contributed by atoms with Crippen molar-refractivity contribution in [1.82, 2.24) is 0 Å². The molecule has 0 aliphatic rings. The van der Waals surface area contributed by atoms with Gasteiger partial charge in [0.05, 0.1) is 5.56 Å². The van der Waals surface area contributed by atoms with Crippen LogP contribution in [0.2, 0.25) is 5.02 Å². The lowest BCUT2D eigenvalue weighted by Crippen LogP contribution is -2.10. The number of hydrogen-bond acceptors (Lipinski definition) is 2. The van der Waals surface area contributed by atoms with Gasteiger partial charge < -0.3 is 9.84 Å². The second-order valence-electron chi connectivity index (χ2n) is 3.06. The molecule has 0 spiro atoms. The lowest BCUT2D eigenvalue weighted by Gasteiger charge is -2.06. The minimum atomic E-state index is -1.05. The SMILES string of the molecule is O=C(O)COc1cc(Cl)ccc1C#CCCCl. The number of benzene rings is 1. The first-order chi connectivity index (χ1) is 8.13. The van der Waals surface area contributed by atoms with Crippen LogP contribution < -0.4 is 4.74 Å². The molecule has 0 saturated heterocycles. The number of aliphatic carboxylic acids is 1. The summed E-state index contributed by atoms with van der Waals surface area (Å²) in [6, 6.07) is 4.88. The van der Waals surface area contributed by atoms with Crippen molar-refractivity contribution in [2.24, 2.45) is 0 Å². The molecule has 90 valence electrons. The number of carboxylic acids is 1. The molecule has 1 rings (SSSR count). The maximum Gasteiger partial charge on any atom is 0.341 e. The molecule has 1 aromatic carbocycles. The van der Waals surface area contributed by atoms with Crippen molar-refractivity contribution in [2.45, 2.75) is 6.42 Å². The summed E-state index contributed by atoms with van der Waals surface area (Å²) in [5, 5.41) is 9.00. The zero-order valence-electron chi connectivity index (χ0n) is 8.87. The molecule has 0 atom stereocenters. The van der Waals surface area contributed by atoms with Gasteiger partial charge in [-0.2, -0.15) is 0 Å². The van der Waals surface area contributed by atoms with E-state index in [4.69, 9.17) is 33.0 Å². The van der Waals surface area contributed by atoms with E-state index in [-0.39, 0.29) is 0 Å². The fourth-order valence-corrected chi connectivity index (χ4v) is 1.32. The maximum absolute atomic E-state index is 10.4. The highest BCUT2D eigenvalue weighted by Crippen LogP contribution is 2.22. The van der Waals surface area contributed by atoms with Crippen LogP contribution in [0.5, 0.6) is 5.75 Å². The van der Waals surface area contributed by atoms with Crippen molar-refractivity contribution < 1.29 is 14.6 Å². The molecule has 3 nitrogen and oxygen atoms in total. The van der Waals surface area contributed by atoms with E-state index < -0.39 is 12.6 Å². The van der Waals surface area contributed by atoms with Crippen molar-refractivity contribution in [2.75, 3.05) is 12.5 Å². The molecule has 0 fully saturated rings. The average Bonchev–Trinajstić information content (AvgIpc) is 2.29. The molecule has 1 aromatic rings. The molecule has 0 saturated carbocycles. The number of hydrogen-bond donors (Lipinski definition) is 1. The second kappa shape index (κ2) is 7.05. The van der Waals surface area contributed by atoms with Gasteiger partial charge in [-0.1, -0.05) is 23.4 Å². The quantitative estimate of drug-likeness (QED) is 0.677. The summed E-state index contributed by atoms with van der Waals surface area (Å²) in [7, 11) is 0. The van der Waals surface area contributed by atoms with Crippen molar-refractivity contribution in [3.05, 3.63) is 28.8 Å². The van der Waals surface area contributed by atoms with Gasteiger partial charge in [-0.25, -0.2) is 4.79 Å².